The number of nitrogens with one attached hydrogen (secondary N) is 1. The van der Waals surface area contributed by atoms with Gasteiger partial charge < -0.3 is 20.4 Å². The van der Waals surface area contributed by atoms with Crippen LogP contribution in [0.1, 0.15) is 19.8 Å². The lowest BCUT2D eigenvalue weighted by Crippen LogP contribution is -2.37. The van der Waals surface area contributed by atoms with Crippen molar-refractivity contribution in [2.24, 2.45) is 4.99 Å². The molecule has 6 nitrogen and oxygen atoms in total. The van der Waals surface area contributed by atoms with Gasteiger partial charge in [0, 0.05) is 37.2 Å². The maximum Gasteiger partial charge on any atom is 0.155 e. The monoisotopic (exact) mass is 299 g/mol. The van der Waals surface area contributed by atoms with Gasteiger partial charge in [-0.3, -0.25) is 4.99 Å². The summed E-state index contributed by atoms with van der Waals surface area (Å²) in [6, 6.07) is 5.64. The summed E-state index contributed by atoms with van der Waals surface area (Å²) in [6.45, 7) is 3.76. The Bertz CT molecular complexity index is 651. The van der Waals surface area contributed by atoms with Crippen molar-refractivity contribution < 1.29 is 4.74 Å². The number of benzene rings is 1. The number of ether oxygens (including phenoxy) is 1. The van der Waals surface area contributed by atoms with Crippen LogP contribution in [-0.4, -0.2) is 28.0 Å². The Hall–Kier alpha value is -2.50. The summed E-state index contributed by atoms with van der Waals surface area (Å²) < 4.78 is 8.04. The number of amidine groups is 1. The van der Waals surface area contributed by atoms with Crippen LogP contribution in [0.25, 0.3) is 0 Å². The second kappa shape index (κ2) is 6.51. The van der Waals surface area contributed by atoms with Gasteiger partial charge in [-0.15, -0.1) is 0 Å². The number of rotatable bonds is 5. The fourth-order valence-corrected chi connectivity index (χ4v) is 2.46. The Morgan fingerprint density at radius 1 is 1.45 bits per heavy atom. The maximum atomic E-state index is 5.99. The fourth-order valence-electron chi connectivity index (χ4n) is 2.46. The number of aromatic nitrogens is 2. The highest BCUT2D eigenvalue weighted by Gasteiger charge is 2.24. The molecule has 3 N–H and O–H groups in total. The van der Waals surface area contributed by atoms with Crippen molar-refractivity contribution in [1.29, 1.82) is 0 Å². The van der Waals surface area contributed by atoms with E-state index in [0.717, 1.165) is 43.2 Å². The lowest BCUT2D eigenvalue weighted by atomic mass is 10.1. The van der Waals surface area contributed by atoms with E-state index in [1.54, 1.807) is 6.20 Å². The molecule has 0 bridgehead atoms. The number of anilines is 2. The summed E-state index contributed by atoms with van der Waals surface area (Å²) in [6.07, 6.45) is 7.37. The van der Waals surface area contributed by atoms with Crippen LogP contribution in [0.2, 0.25) is 0 Å². The Morgan fingerprint density at radius 3 is 3.14 bits per heavy atom. The molecule has 1 aromatic heterocycles. The van der Waals surface area contributed by atoms with Gasteiger partial charge in [-0.25, -0.2) is 4.98 Å². The molecule has 0 saturated heterocycles. The molecule has 0 aliphatic carbocycles. The molecular formula is C16H21N5O. The van der Waals surface area contributed by atoms with E-state index in [1.165, 1.54) is 0 Å². The first kappa shape index (κ1) is 14.4. The van der Waals surface area contributed by atoms with Gasteiger partial charge in [-0.2, -0.15) is 0 Å². The number of nitrogens with zero attached hydrogens (tertiary/aromatic N) is 3. The Balaban J connectivity index is 1.64. The van der Waals surface area contributed by atoms with E-state index in [2.05, 4.69) is 26.8 Å². The third-order valence-corrected chi connectivity index (χ3v) is 3.63. The zero-order chi connectivity index (χ0) is 15.4. The first-order valence-electron chi connectivity index (χ1n) is 7.59. The van der Waals surface area contributed by atoms with Crippen LogP contribution in [0.3, 0.4) is 0 Å². The van der Waals surface area contributed by atoms with Crippen molar-refractivity contribution in [2.45, 2.75) is 32.4 Å². The zero-order valence-corrected chi connectivity index (χ0v) is 12.7. The molecule has 2 aromatic rings. The van der Waals surface area contributed by atoms with Crippen molar-refractivity contribution in [2.75, 3.05) is 17.6 Å². The van der Waals surface area contributed by atoms with Crippen molar-refractivity contribution in [3.63, 3.8) is 0 Å². The lowest BCUT2D eigenvalue weighted by Gasteiger charge is -2.28. The van der Waals surface area contributed by atoms with E-state index in [4.69, 9.17) is 10.5 Å². The van der Waals surface area contributed by atoms with E-state index >= 15 is 0 Å². The van der Waals surface area contributed by atoms with Gasteiger partial charge in [0.1, 0.15) is 11.6 Å². The largest absolute Gasteiger partial charge is 0.480 e. The average Bonchev–Trinajstić information content (AvgIpc) is 3.04. The molecule has 6 heteroatoms. The predicted molar refractivity (Wildman–Crippen MR) is 88.3 cm³/mol. The highest BCUT2D eigenvalue weighted by Crippen LogP contribution is 2.32. The van der Waals surface area contributed by atoms with Gasteiger partial charge in [0.2, 0.25) is 0 Å². The minimum absolute atomic E-state index is 0.0393. The topological polar surface area (TPSA) is 77.5 Å². The van der Waals surface area contributed by atoms with Crippen LogP contribution < -0.4 is 15.8 Å². The highest BCUT2D eigenvalue weighted by atomic mass is 16.5. The molecule has 116 valence electrons. The van der Waals surface area contributed by atoms with E-state index < -0.39 is 0 Å². The standard InChI is InChI=1S/C16H21N5O/c1-2-14-16(19-6-3-8-21-9-7-18-11-21)20-13-5-4-12(17)10-15(13)22-14/h4-5,7,9-11,14H,2-3,6,8,17H2,1H3,(H,19,20). The average molecular weight is 299 g/mol. The normalized spacial score (nSPS) is 18.6. The zero-order valence-electron chi connectivity index (χ0n) is 12.7. The first-order chi connectivity index (χ1) is 10.8. The van der Waals surface area contributed by atoms with E-state index in [0.29, 0.717) is 5.69 Å². The number of aliphatic imine (C=N–C) groups is 1. The Labute approximate surface area is 130 Å². The number of nitrogen functional groups attached to an aromatic ring is 1. The van der Waals surface area contributed by atoms with Crippen molar-refractivity contribution in [1.82, 2.24) is 9.55 Å². The summed E-state index contributed by atoms with van der Waals surface area (Å²) in [4.78, 5) is 8.70. The van der Waals surface area contributed by atoms with Crippen LogP contribution in [0.15, 0.2) is 41.9 Å². The molecule has 1 unspecified atom stereocenters. The SMILES string of the molecule is CCC1Oc2cc(N)ccc2NC1=NCCCn1ccnc1. The summed E-state index contributed by atoms with van der Waals surface area (Å²) in [5.41, 5.74) is 7.43. The van der Waals surface area contributed by atoms with Crippen LogP contribution in [0, 0.1) is 0 Å². The molecule has 0 fully saturated rings. The Kier molecular flexibility index (Phi) is 4.27. The summed E-state index contributed by atoms with van der Waals surface area (Å²) in [5, 5.41) is 3.37. The molecule has 1 aromatic carbocycles. The molecule has 0 saturated carbocycles. The van der Waals surface area contributed by atoms with Crippen LogP contribution in [-0.2, 0) is 6.54 Å². The number of hydrogen-bond donors (Lipinski definition) is 2. The molecule has 1 aliphatic heterocycles. The number of aryl methyl sites for hydroxylation is 1. The van der Waals surface area contributed by atoms with E-state index in [9.17, 15) is 0 Å². The third-order valence-electron chi connectivity index (χ3n) is 3.63. The second-order valence-corrected chi connectivity index (χ2v) is 5.32. The number of imidazole rings is 1. The van der Waals surface area contributed by atoms with Gasteiger partial charge in [-0.05, 0) is 25.0 Å². The quantitative estimate of drug-likeness (QED) is 0.657. The van der Waals surface area contributed by atoms with Crippen molar-refractivity contribution in [3.8, 4) is 5.75 Å². The third kappa shape index (κ3) is 3.21. The molecule has 1 atom stereocenters. The van der Waals surface area contributed by atoms with E-state index in [-0.39, 0.29) is 6.10 Å². The second-order valence-electron chi connectivity index (χ2n) is 5.32. The number of fused-ring (bicyclic) bond motifs is 1. The summed E-state index contributed by atoms with van der Waals surface area (Å²) in [7, 11) is 0. The van der Waals surface area contributed by atoms with Gasteiger partial charge in [0.15, 0.2) is 6.10 Å². The molecule has 0 spiro atoms. The minimum atomic E-state index is -0.0393. The molecule has 0 radical (unpaired) electrons. The van der Waals surface area contributed by atoms with Gasteiger partial charge in [0.25, 0.3) is 0 Å². The summed E-state index contributed by atoms with van der Waals surface area (Å²) >= 11 is 0. The van der Waals surface area contributed by atoms with Crippen LogP contribution in [0.5, 0.6) is 5.75 Å². The first-order valence-corrected chi connectivity index (χ1v) is 7.59. The van der Waals surface area contributed by atoms with Gasteiger partial charge >= 0.3 is 0 Å². The number of nitrogens with two attached hydrogens (primary N) is 1. The summed E-state index contributed by atoms with van der Waals surface area (Å²) in [5.74, 6) is 1.69. The molecular weight excluding hydrogens is 278 g/mol. The molecule has 3 rings (SSSR count). The highest BCUT2D eigenvalue weighted by molar-refractivity contribution is 6.02. The van der Waals surface area contributed by atoms with E-state index in [1.807, 2.05) is 30.7 Å². The predicted octanol–water partition coefficient (Wildman–Crippen LogP) is 2.54. The van der Waals surface area contributed by atoms with Crippen molar-refractivity contribution >= 4 is 17.2 Å². The Morgan fingerprint density at radius 2 is 2.36 bits per heavy atom. The van der Waals surface area contributed by atoms with Gasteiger partial charge in [0.05, 0.1) is 12.0 Å². The maximum absolute atomic E-state index is 5.99. The smallest absolute Gasteiger partial charge is 0.155 e. The molecule has 1 aliphatic rings. The molecule has 0 amide bonds. The fraction of sp³-hybridized carbons (Fsp3) is 0.375. The minimum Gasteiger partial charge on any atom is -0.480 e. The molecule has 2 heterocycles. The lowest BCUT2D eigenvalue weighted by molar-refractivity contribution is 0.258. The molecule has 22 heavy (non-hydrogen) atoms. The van der Waals surface area contributed by atoms with Crippen LogP contribution >= 0.6 is 0 Å². The van der Waals surface area contributed by atoms with Gasteiger partial charge in [-0.1, -0.05) is 6.92 Å². The van der Waals surface area contributed by atoms with Crippen LogP contribution in [0.4, 0.5) is 11.4 Å². The van der Waals surface area contributed by atoms with Crippen molar-refractivity contribution in [3.05, 3.63) is 36.9 Å². The number of hydrogen-bond acceptors (Lipinski definition) is 4.